The first-order valence-corrected chi connectivity index (χ1v) is 6.51. The number of carbonyl (C=O) groups excluding carboxylic acids is 1. The SMILES string of the molecule is N#Cc1ccc(O)c(NC(=O)c2cc3c(F)c(F)ccc3[nH]2)c1. The summed E-state index contributed by atoms with van der Waals surface area (Å²) in [5.41, 5.74) is 0.553. The van der Waals surface area contributed by atoms with E-state index in [9.17, 15) is 18.7 Å². The fraction of sp³-hybridized carbons (Fsp3) is 0. The van der Waals surface area contributed by atoms with Gasteiger partial charge in [-0.2, -0.15) is 5.26 Å². The van der Waals surface area contributed by atoms with Gasteiger partial charge < -0.3 is 15.4 Å². The van der Waals surface area contributed by atoms with Crippen LogP contribution in [0.1, 0.15) is 16.1 Å². The zero-order chi connectivity index (χ0) is 16.6. The van der Waals surface area contributed by atoms with Gasteiger partial charge >= 0.3 is 0 Å². The molecule has 7 heteroatoms. The Kier molecular flexibility index (Phi) is 3.43. The molecular formula is C16H9F2N3O2. The Bertz CT molecular complexity index is 973. The van der Waals surface area contributed by atoms with E-state index in [1.165, 1.54) is 30.3 Å². The Balaban J connectivity index is 1.95. The molecule has 1 amide bonds. The van der Waals surface area contributed by atoms with Crippen molar-refractivity contribution >= 4 is 22.5 Å². The van der Waals surface area contributed by atoms with Crippen molar-refractivity contribution in [1.29, 1.82) is 5.26 Å². The summed E-state index contributed by atoms with van der Waals surface area (Å²) in [7, 11) is 0. The van der Waals surface area contributed by atoms with Crippen molar-refractivity contribution in [2.75, 3.05) is 5.32 Å². The molecule has 0 unspecified atom stereocenters. The number of anilines is 1. The maximum absolute atomic E-state index is 13.7. The van der Waals surface area contributed by atoms with E-state index in [2.05, 4.69) is 10.3 Å². The minimum absolute atomic E-state index is 0.00809. The van der Waals surface area contributed by atoms with Crippen molar-refractivity contribution < 1.29 is 18.7 Å². The van der Waals surface area contributed by atoms with Gasteiger partial charge in [-0.15, -0.1) is 0 Å². The van der Waals surface area contributed by atoms with Gasteiger partial charge in [0.2, 0.25) is 0 Å². The second kappa shape index (κ2) is 5.42. The summed E-state index contributed by atoms with van der Waals surface area (Å²) in [6, 6.07) is 9.30. The number of nitrogens with zero attached hydrogens (tertiary/aromatic N) is 1. The quantitative estimate of drug-likeness (QED) is 0.634. The zero-order valence-corrected chi connectivity index (χ0v) is 11.5. The Hall–Kier alpha value is -3.40. The molecule has 1 heterocycles. The highest BCUT2D eigenvalue weighted by Gasteiger charge is 2.15. The third kappa shape index (κ3) is 2.58. The molecular weight excluding hydrogens is 304 g/mol. The topological polar surface area (TPSA) is 88.9 Å². The molecule has 0 bridgehead atoms. The predicted molar refractivity (Wildman–Crippen MR) is 79.0 cm³/mol. The lowest BCUT2D eigenvalue weighted by Gasteiger charge is -2.06. The van der Waals surface area contributed by atoms with E-state index in [-0.39, 0.29) is 33.6 Å². The molecule has 3 rings (SSSR count). The summed E-state index contributed by atoms with van der Waals surface area (Å²) in [5, 5.41) is 20.9. The molecule has 3 N–H and O–H groups in total. The monoisotopic (exact) mass is 313 g/mol. The number of aromatic amines is 1. The molecule has 5 nitrogen and oxygen atoms in total. The molecule has 0 aliphatic carbocycles. The van der Waals surface area contributed by atoms with E-state index in [0.29, 0.717) is 0 Å². The molecule has 0 saturated carbocycles. The number of carbonyl (C=O) groups is 1. The number of amides is 1. The van der Waals surface area contributed by atoms with Crippen LogP contribution in [0.15, 0.2) is 36.4 Å². The summed E-state index contributed by atoms with van der Waals surface area (Å²) < 4.78 is 26.9. The van der Waals surface area contributed by atoms with Crippen LogP contribution < -0.4 is 5.32 Å². The molecule has 0 atom stereocenters. The Morgan fingerprint density at radius 3 is 2.74 bits per heavy atom. The average molecular weight is 313 g/mol. The molecule has 23 heavy (non-hydrogen) atoms. The van der Waals surface area contributed by atoms with Crippen LogP contribution in [0.3, 0.4) is 0 Å². The molecule has 0 radical (unpaired) electrons. The number of nitriles is 1. The molecule has 114 valence electrons. The van der Waals surface area contributed by atoms with Crippen LogP contribution in [-0.4, -0.2) is 16.0 Å². The average Bonchev–Trinajstić information content (AvgIpc) is 2.98. The number of aromatic nitrogens is 1. The molecule has 0 aliphatic rings. The van der Waals surface area contributed by atoms with Crippen molar-refractivity contribution in [2.24, 2.45) is 0 Å². The first-order chi connectivity index (χ1) is 11.0. The summed E-state index contributed by atoms with van der Waals surface area (Å²) >= 11 is 0. The number of nitrogens with one attached hydrogen (secondary N) is 2. The van der Waals surface area contributed by atoms with Gasteiger partial charge in [0.1, 0.15) is 11.4 Å². The van der Waals surface area contributed by atoms with Crippen LogP contribution in [-0.2, 0) is 0 Å². The normalized spacial score (nSPS) is 10.5. The Morgan fingerprint density at radius 2 is 2.00 bits per heavy atom. The zero-order valence-electron chi connectivity index (χ0n) is 11.5. The Morgan fingerprint density at radius 1 is 1.22 bits per heavy atom. The third-order valence-electron chi connectivity index (χ3n) is 3.31. The van der Waals surface area contributed by atoms with E-state index in [1.807, 2.05) is 6.07 Å². The fourth-order valence-corrected chi connectivity index (χ4v) is 2.16. The molecule has 0 saturated heterocycles. The summed E-state index contributed by atoms with van der Waals surface area (Å²) in [4.78, 5) is 14.8. The first-order valence-electron chi connectivity index (χ1n) is 6.51. The van der Waals surface area contributed by atoms with Gasteiger partial charge in [0.15, 0.2) is 11.6 Å². The number of hydrogen-bond donors (Lipinski definition) is 3. The van der Waals surface area contributed by atoms with Gasteiger partial charge in [0.05, 0.1) is 17.3 Å². The van der Waals surface area contributed by atoms with E-state index < -0.39 is 17.5 Å². The van der Waals surface area contributed by atoms with Crippen LogP contribution in [0.5, 0.6) is 5.75 Å². The van der Waals surface area contributed by atoms with Crippen molar-refractivity contribution in [3.63, 3.8) is 0 Å². The van der Waals surface area contributed by atoms with Gasteiger partial charge in [-0.05, 0) is 36.4 Å². The maximum Gasteiger partial charge on any atom is 0.272 e. The number of fused-ring (bicyclic) bond motifs is 1. The molecule has 3 aromatic rings. The van der Waals surface area contributed by atoms with Gasteiger partial charge in [0, 0.05) is 10.9 Å². The number of phenolic OH excluding ortho intramolecular Hbond substituents is 1. The first kappa shape index (κ1) is 14.5. The van der Waals surface area contributed by atoms with Crippen LogP contribution in [0.2, 0.25) is 0 Å². The van der Waals surface area contributed by atoms with Gasteiger partial charge in [-0.1, -0.05) is 0 Å². The number of aromatic hydroxyl groups is 1. The minimum atomic E-state index is -1.05. The largest absolute Gasteiger partial charge is 0.506 e. The predicted octanol–water partition coefficient (Wildman–Crippen LogP) is 3.28. The van der Waals surface area contributed by atoms with Gasteiger partial charge in [0.25, 0.3) is 5.91 Å². The highest BCUT2D eigenvalue weighted by Crippen LogP contribution is 2.26. The van der Waals surface area contributed by atoms with Crippen LogP contribution in [0.4, 0.5) is 14.5 Å². The maximum atomic E-state index is 13.7. The lowest BCUT2D eigenvalue weighted by Crippen LogP contribution is -2.12. The summed E-state index contributed by atoms with van der Waals surface area (Å²) in [5.74, 6) is -2.94. The molecule has 0 fully saturated rings. The lowest BCUT2D eigenvalue weighted by atomic mass is 10.2. The van der Waals surface area contributed by atoms with E-state index in [1.54, 1.807) is 0 Å². The van der Waals surface area contributed by atoms with E-state index in [0.717, 1.165) is 6.07 Å². The Labute approximate surface area is 128 Å². The third-order valence-corrected chi connectivity index (χ3v) is 3.31. The summed E-state index contributed by atoms with van der Waals surface area (Å²) in [6.45, 7) is 0. The number of benzene rings is 2. The number of rotatable bonds is 2. The highest BCUT2D eigenvalue weighted by molar-refractivity contribution is 6.06. The lowest BCUT2D eigenvalue weighted by molar-refractivity contribution is 0.102. The summed E-state index contributed by atoms with van der Waals surface area (Å²) in [6.07, 6.45) is 0. The van der Waals surface area contributed by atoms with Crippen molar-refractivity contribution in [3.8, 4) is 11.8 Å². The van der Waals surface area contributed by atoms with Crippen LogP contribution in [0, 0.1) is 23.0 Å². The van der Waals surface area contributed by atoms with E-state index in [4.69, 9.17) is 5.26 Å². The number of phenols is 1. The highest BCUT2D eigenvalue weighted by atomic mass is 19.2. The second-order valence-electron chi connectivity index (χ2n) is 4.80. The molecule has 2 aromatic carbocycles. The standard InChI is InChI=1S/C16H9F2N3O2/c17-10-2-3-11-9(15(10)18)6-13(20-11)16(23)21-12-5-8(7-19)1-4-14(12)22/h1-6,20,22H,(H,21,23). The fourth-order valence-electron chi connectivity index (χ4n) is 2.16. The van der Waals surface area contributed by atoms with E-state index >= 15 is 0 Å². The minimum Gasteiger partial charge on any atom is -0.506 e. The number of H-pyrrole nitrogens is 1. The second-order valence-corrected chi connectivity index (χ2v) is 4.80. The van der Waals surface area contributed by atoms with Gasteiger partial charge in [-0.3, -0.25) is 4.79 Å². The van der Waals surface area contributed by atoms with Crippen molar-refractivity contribution in [3.05, 3.63) is 59.3 Å². The van der Waals surface area contributed by atoms with Crippen molar-refractivity contribution in [2.45, 2.75) is 0 Å². The smallest absolute Gasteiger partial charge is 0.272 e. The molecule has 0 aliphatic heterocycles. The van der Waals surface area contributed by atoms with Crippen LogP contribution >= 0.6 is 0 Å². The molecule has 0 spiro atoms. The van der Waals surface area contributed by atoms with Gasteiger partial charge in [-0.25, -0.2) is 8.78 Å². The molecule has 1 aromatic heterocycles. The van der Waals surface area contributed by atoms with Crippen LogP contribution in [0.25, 0.3) is 10.9 Å². The number of hydrogen-bond acceptors (Lipinski definition) is 3. The van der Waals surface area contributed by atoms with Crippen molar-refractivity contribution in [1.82, 2.24) is 4.98 Å². The number of halogens is 2.